The van der Waals surface area contributed by atoms with Crippen LogP contribution >= 0.6 is 11.3 Å². The minimum Gasteiger partial charge on any atom is -0.354 e. The average Bonchev–Trinajstić information content (AvgIpc) is 3.02. The molecule has 0 unspecified atom stereocenters. The highest BCUT2D eigenvalue weighted by molar-refractivity contribution is 7.09. The van der Waals surface area contributed by atoms with Crippen LogP contribution in [0.4, 0.5) is 5.82 Å². The van der Waals surface area contributed by atoms with Crippen LogP contribution < -0.4 is 4.90 Å². The fraction of sp³-hybridized carbons (Fsp3) is 0.500. The number of piperazine rings is 1. The minimum absolute atomic E-state index is 1.05. The van der Waals surface area contributed by atoms with Gasteiger partial charge in [0.2, 0.25) is 0 Å². The lowest BCUT2D eigenvalue weighted by Crippen LogP contribution is -2.46. The lowest BCUT2D eigenvalue weighted by atomic mass is 10.2. The first kappa shape index (κ1) is 13.5. The van der Waals surface area contributed by atoms with E-state index in [9.17, 15) is 0 Å². The third-order valence-corrected chi connectivity index (χ3v) is 4.37. The molecule has 1 saturated heterocycles. The van der Waals surface area contributed by atoms with Crippen molar-refractivity contribution in [2.24, 2.45) is 0 Å². The van der Waals surface area contributed by atoms with Gasteiger partial charge in [0.15, 0.2) is 0 Å². The Morgan fingerprint density at radius 3 is 2.75 bits per heavy atom. The predicted molar refractivity (Wildman–Crippen MR) is 81.1 cm³/mol. The highest BCUT2D eigenvalue weighted by Crippen LogP contribution is 2.13. The zero-order valence-electron chi connectivity index (χ0n) is 11.5. The standard InChI is InChI=1S/C14H19N5S/c1-2-6-15-13(4-1)19-10-8-18(9-11-19)7-3-5-14-17-16-12-20-14/h1-2,4,6,12H,3,5,7-11H2. The predicted octanol–water partition coefficient (Wildman–Crippen LogP) is 1.69. The van der Waals surface area contributed by atoms with Crippen molar-refractivity contribution in [2.45, 2.75) is 12.8 Å². The van der Waals surface area contributed by atoms with Crippen molar-refractivity contribution in [3.05, 3.63) is 34.9 Å². The number of aromatic nitrogens is 3. The molecule has 2 aromatic heterocycles. The SMILES string of the molecule is c1ccc(N2CCN(CCCc3nncs3)CC2)nc1. The average molecular weight is 289 g/mol. The molecule has 1 aliphatic rings. The zero-order chi connectivity index (χ0) is 13.6. The van der Waals surface area contributed by atoms with Gasteiger partial charge in [-0.3, -0.25) is 4.90 Å². The molecule has 0 saturated carbocycles. The van der Waals surface area contributed by atoms with E-state index in [0.29, 0.717) is 0 Å². The third kappa shape index (κ3) is 3.52. The topological polar surface area (TPSA) is 45.2 Å². The van der Waals surface area contributed by atoms with Gasteiger partial charge < -0.3 is 4.90 Å². The van der Waals surface area contributed by atoms with Gasteiger partial charge in [-0.15, -0.1) is 21.5 Å². The van der Waals surface area contributed by atoms with Crippen LogP contribution in [0, 0.1) is 0 Å². The van der Waals surface area contributed by atoms with Crippen LogP contribution in [0.3, 0.4) is 0 Å². The zero-order valence-corrected chi connectivity index (χ0v) is 12.3. The van der Waals surface area contributed by atoms with Crippen molar-refractivity contribution >= 4 is 17.2 Å². The molecule has 0 radical (unpaired) electrons. The molecule has 0 N–H and O–H groups in total. The molecule has 0 bridgehead atoms. The highest BCUT2D eigenvalue weighted by atomic mass is 32.1. The van der Waals surface area contributed by atoms with Gasteiger partial charge in [-0.05, 0) is 25.1 Å². The second-order valence-corrected chi connectivity index (χ2v) is 5.87. The molecule has 106 valence electrons. The number of hydrogen-bond acceptors (Lipinski definition) is 6. The van der Waals surface area contributed by atoms with E-state index in [4.69, 9.17) is 0 Å². The quantitative estimate of drug-likeness (QED) is 0.838. The summed E-state index contributed by atoms with van der Waals surface area (Å²) in [4.78, 5) is 9.31. The number of rotatable bonds is 5. The van der Waals surface area contributed by atoms with Gasteiger partial charge in [0.25, 0.3) is 0 Å². The molecular weight excluding hydrogens is 270 g/mol. The Balaban J connectivity index is 1.40. The number of aryl methyl sites for hydroxylation is 1. The molecule has 2 aromatic rings. The maximum Gasteiger partial charge on any atom is 0.128 e. The second-order valence-electron chi connectivity index (χ2n) is 4.95. The summed E-state index contributed by atoms with van der Waals surface area (Å²) in [6.45, 7) is 5.51. The first-order valence-electron chi connectivity index (χ1n) is 7.05. The van der Waals surface area contributed by atoms with E-state index in [1.807, 2.05) is 12.3 Å². The van der Waals surface area contributed by atoms with Crippen LogP contribution in [-0.2, 0) is 6.42 Å². The van der Waals surface area contributed by atoms with Crippen molar-refractivity contribution in [2.75, 3.05) is 37.6 Å². The Morgan fingerprint density at radius 2 is 2.05 bits per heavy atom. The van der Waals surface area contributed by atoms with E-state index in [-0.39, 0.29) is 0 Å². The second kappa shape index (κ2) is 6.76. The first-order valence-corrected chi connectivity index (χ1v) is 7.93. The Morgan fingerprint density at radius 1 is 1.15 bits per heavy atom. The van der Waals surface area contributed by atoms with E-state index in [1.165, 1.54) is 6.42 Å². The van der Waals surface area contributed by atoms with Crippen LogP contribution in [0.5, 0.6) is 0 Å². The van der Waals surface area contributed by atoms with Crippen LogP contribution in [0.2, 0.25) is 0 Å². The molecule has 3 rings (SSSR count). The van der Waals surface area contributed by atoms with Gasteiger partial charge in [-0.1, -0.05) is 6.07 Å². The molecule has 0 spiro atoms. The number of hydrogen-bond donors (Lipinski definition) is 0. The van der Waals surface area contributed by atoms with Crippen molar-refractivity contribution in [1.82, 2.24) is 20.1 Å². The summed E-state index contributed by atoms with van der Waals surface area (Å²) in [7, 11) is 0. The van der Waals surface area contributed by atoms with Crippen LogP contribution in [-0.4, -0.2) is 52.8 Å². The Hall–Kier alpha value is -1.53. The number of anilines is 1. The largest absolute Gasteiger partial charge is 0.354 e. The Kier molecular flexibility index (Phi) is 4.55. The first-order chi connectivity index (χ1) is 9.92. The van der Waals surface area contributed by atoms with Gasteiger partial charge >= 0.3 is 0 Å². The fourth-order valence-electron chi connectivity index (χ4n) is 2.50. The monoisotopic (exact) mass is 289 g/mol. The molecule has 0 aliphatic carbocycles. The summed E-state index contributed by atoms with van der Waals surface area (Å²) in [5.74, 6) is 1.10. The van der Waals surface area contributed by atoms with E-state index in [0.717, 1.165) is 50.0 Å². The summed E-state index contributed by atoms with van der Waals surface area (Å²) in [5.41, 5.74) is 1.81. The Labute approximate surface area is 123 Å². The fourth-order valence-corrected chi connectivity index (χ4v) is 3.07. The molecule has 20 heavy (non-hydrogen) atoms. The van der Waals surface area contributed by atoms with Gasteiger partial charge in [0, 0.05) is 38.8 Å². The normalized spacial score (nSPS) is 16.5. The summed E-state index contributed by atoms with van der Waals surface area (Å²) in [6, 6.07) is 6.11. The van der Waals surface area contributed by atoms with Gasteiger partial charge in [-0.2, -0.15) is 0 Å². The van der Waals surface area contributed by atoms with Gasteiger partial charge in [0.05, 0.1) is 0 Å². The molecule has 0 aromatic carbocycles. The van der Waals surface area contributed by atoms with E-state index in [1.54, 1.807) is 16.8 Å². The number of pyridine rings is 1. The van der Waals surface area contributed by atoms with Crippen LogP contribution in [0.15, 0.2) is 29.9 Å². The molecule has 1 fully saturated rings. The maximum absolute atomic E-state index is 4.42. The lowest BCUT2D eigenvalue weighted by molar-refractivity contribution is 0.254. The van der Waals surface area contributed by atoms with Crippen LogP contribution in [0.1, 0.15) is 11.4 Å². The summed E-state index contributed by atoms with van der Waals surface area (Å²) >= 11 is 1.65. The summed E-state index contributed by atoms with van der Waals surface area (Å²) in [5, 5.41) is 9.11. The van der Waals surface area contributed by atoms with Crippen molar-refractivity contribution < 1.29 is 0 Å². The number of nitrogens with zero attached hydrogens (tertiary/aromatic N) is 5. The van der Waals surface area contributed by atoms with Crippen molar-refractivity contribution in [3.8, 4) is 0 Å². The lowest BCUT2D eigenvalue weighted by Gasteiger charge is -2.35. The molecular formula is C14H19N5S. The van der Waals surface area contributed by atoms with Crippen LogP contribution in [0.25, 0.3) is 0 Å². The highest BCUT2D eigenvalue weighted by Gasteiger charge is 2.17. The molecule has 3 heterocycles. The van der Waals surface area contributed by atoms with E-state index in [2.05, 4.69) is 37.1 Å². The molecule has 5 nitrogen and oxygen atoms in total. The molecule has 1 aliphatic heterocycles. The minimum atomic E-state index is 1.05. The smallest absolute Gasteiger partial charge is 0.128 e. The molecule has 0 atom stereocenters. The van der Waals surface area contributed by atoms with Gasteiger partial charge in [-0.25, -0.2) is 4.98 Å². The summed E-state index contributed by atoms with van der Waals surface area (Å²) in [6.07, 6.45) is 4.08. The maximum atomic E-state index is 4.42. The van der Waals surface area contributed by atoms with Crippen molar-refractivity contribution in [3.63, 3.8) is 0 Å². The van der Waals surface area contributed by atoms with E-state index >= 15 is 0 Å². The Bertz CT molecular complexity index is 494. The molecule has 6 heteroatoms. The summed E-state index contributed by atoms with van der Waals surface area (Å²) < 4.78 is 0. The van der Waals surface area contributed by atoms with Crippen molar-refractivity contribution in [1.29, 1.82) is 0 Å². The molecule has 0 amide bonds. The van der Waals surface area contributed by atoms with E-state index < -0.39 is 0 Å². The van der Waals surface area contributed by atoms with Gasteiger partial charge in [0.1, 0.15) is 16.3 Å². The third-order valence-electron chi connectivity index (χ3n) is 3.62.